The van der Waals surface area contributed by atoms with Crippen LogP contribution in [0.15, 0.2) is 115 Å². The zero-order valence-corrected chi connectivity index (χ0v) is 21.6. The van der Waals surface area contributed by atoms with Gasteiger partial charge in [0.2, 0.25) is 0 Å². The second-order valence-corrected chi connectivity index (χ2v) is 7.74. The molecule has 0 aliphatic carbocycles. The van der Waals surface area contributed by atoms with E-state index in [0.717, 1.165) is 22.3 Å². The number of aryl methyl sites for hydroxylation is 2. The van der Waals surface area contributed by atoms with Crippen molar-refractivity contribution < 1.29 is 25.3 Å². The van der Waals surface area contributed by atoms with E-state index in [1.807, 2.05) is 62.4 Å². The predicted octanol–water partition coefficient (Wildman–Crippen LogP) is 5.83. The van der Waals surface area contributed by atoms with Crippen molar-refractivity contribution in [3.63, 3.8) is 0 Å². The Hall–Kier alpha value is -3.39. The summed E-state index contributed by atoms with van der Waals surface area (Å²) in [6, 6.07) is 22.9. The molecule has 2 aromatic carbocycles. The SMILES string of the molecule is Cc1ccccc1/C=N/N=C(\[S-])c1ccco1.Cc1ccccc1/C=N/N=C(\[S-])c1ccco1.[Ni+2]. The summed E-state index contributed by atoms with van der Waals surface area (Å²) in [6.07, 6.45) is 6.49. The molecule has 0 aliphatic rings. The third-order valence-electron chi connectivity index (χ3n) is 4.53. The molecule has 2 heterocycles. The van der Waals surface area contributed by atoms with Crippen LogP contribution in [0.3, 0.4) is 0 Å². The van der Waals surface area contributed by atoms with Gasteiger partial charge in [-0.3, -0.25) is 0 Å². The van der Waals surface area contributed by atoms with Crippen LogP contribution < -0.4 is 0 Å². The average Bonchev–Trinajstić information content (AvgIpc) is 3.57. The van der Waals surface area contributed by atoms with E-state index >= 15 is 0 Å². The van der Waals surface area contributed by atoms with Gasteiger partial charge in [-0.05, 0) is 70.5 Å². The van der Waals surface area contributed by atoms with Gasteiger partial charge in [0.25, 0.3) is 0 Å². The van der Waals surface area contributed by atoms with Crippen LogP contribution in [0.4, 0.5) is 0 Å². The van der Waals surface area contributed by atoms with Gasteiger partial charge in [-0.25, -0.2) is 0 Å². The van der Waals surface area contributed by atoms with Crippen LogP contribution in [-0.2, 0) is 41.7 Å². The molecule has 4 aromatic rings. The first-order valence-electron chi connectivity index (χ1n) is 10.3. The van der Waals surface area contributed by atoms with Crippen LogP contribution in [0.25, 0.3) is 0 Å². The maximum absolute atomic E-state index is 5.11. The summed E-state index contributed by atoms with van der Waals surface area (Å²) < 4.78 is 10.2. The molecular weight excluding hydrogens is 523 g/mol. The van der Waals surface area contributed by atoms with Crippen molar-refractivity contribution in [3.05, 3.63) is 119 Å². The third-order valence-corrected chi connectivity index (χ3v) is 5.10. The minimum absolute atomic E-state index is 0. The fourth-order valence-electron chi connectivity index (χ4n) is 2.65. The summed E-state index contributed by atoms with van der Waals surface area (Å²) >= 11 is 10.1. The van der Waals surface area contributed by atoms with E-state index in [1.165, 1.54) is 0 Å². The molecule has 2 aromatic heterocycles. The molecule has 35 heavy (non-hydrogen) atoms. The van der Waals surface area contributed by atoms with Crippen molar-refractivity contribution >= 4 is 47.8 Å². The maximum atomic E-state index is 5.11. The van der Waals surface area contributed by atoms with E-state index in [4.69, 9.17) is 34.1 Å². The molecule has 0 atom stereocenters. The normalized spacial score (nSPS) is 11.8. The van der Waals surface area contributed by atoms with Crippen molar-refractivity contribution in [1.29, 1.82) is 0 Å². The van der Waals surface area contributed by atoms with Crippen LogP contribution in [0, 0.1) is 13.8 Å². The van der Waals surface area contributed by atoms with E-state index in [2.05, 4.69) is 20.4 Å². The number of furan rings is 2. The van der Waals surface area contributed by atoms with Gasteiger partial charge >= 0.3 is 16.5 Å². The monoisotopic (exact) mass is 544 g/mol. The van der Waals surface area contributed by atoms with Gasteiger partial charge in [0.1, 0.15) is 11.5 Å². The summed E-state index contributed by atoms with van der Waals surface area (Å²) in [5.41, 5.74) is 4.35. The summed E-state index contributed by atoms with van der Waals surface area (Å²) in [5.74, 6) is 1.11. The number of hydrogen-bond acceptors (Lipinski definition) is 8. The number of rotatable bonds is 6. The van der Waals surface area contributed by atoms with Gasteiger partial charge in [0, 0.05) is 0 Å². The fourth-order valence-corrected chi connectivity index (χ4v) is 2.98. The topological polar surface area (TPSA) is 75.7 Å². The standard InChI is InChI=1S/2C13H12N2OS.Ni/c2*1-10-5-2-3-6-11(10)9-14-15-13(17)12-7-4-8-16-12;/h2*2-9H,1H3,(H,15,17);/q;;+2/p-2/b2*14-9+;. The Balaban J connectivity index is 0.000000240. The van der Waals surface area contributed by atoms with Gasteiger partial charge in [0.05, 0.1) is 25.0 Å². The summed E-state index contributed by atoms with van der Waals surface area (Å²) in [5, 5.41) is 16.4. The number of hydrogen-bond donors (Lipinski definition) is 0. The number of benzene rings is 2. The number of nitrogens with zero attached hydrogens (tertiary/aromatic N) is 4. The predicted molar refractivity (Wildman–Crippen MR) is 143 cm³/mol. The molecule has 4 rings (SSSR count). The second-order valence-electron chi connectivity index (χ2n) is 6.97. The average molecular weight is 545 g/mol. The quantitative estimate of drug-likeness (QED) is 0.101. The van der Waals surface area contributed by atoms with Crippen molar-refractivity contribution in [3.8, 4) is 0 Å². The summed E-state index contributed by atoms with van der Waals surface area (Å²) in [4.78, 5) is 0. The smallest absolute Gasteiger partial charge is 0.755 e. The van der Waals surface area contributed by atoms with Gasteiger partial charge in [-0.1, -0.05) is 48.5 Å². The Labute approximate surface area is 225 Å². The Kier molecular flexibility index (Phi) is 11.8. The zero-order chi connectivity index (χ0) is 24.2. The van der Waals surface area contributed by atoms with Crippen LogP contribution in [0.1, 0.15) is 33.8 Å². The van der Waals surface area contributed by atoms with Gasteiger partial charge in [-0.15, -0.1) is 0 Å². The van der Waals surface area contributed by atoms with Crippen LogP contribution in [0.5, 0.6) is 0 Å². The molecule has 9 heteroatoms. The fraction of sp³-hybridized carbons (Fsp3) is 0.0769. The van der Waals surface area contributed by atoms with Gasteiger partial charge in [-0.2, -0.15) is 20.4 Å². The minimum atomic E-state index is 0. The molecule has 0 saturated heterocycles. The molecule has 0 saturated carbocycles. The molecule has 0 spiro atoms. The molecule has 0 bridgehead atoms. The van der Waals surface area contributed by atoms with Crippen molar-refractivity contribution in [2.45, 2.75) is 13.8 Å². The van der Waals surface area contributed by atoms with E-state index in [0.29, 0.717) is 21.6 Å². The zero-order valence-electron chi connectivity index (χ0n) is 19.0. The van der Waals surface area contributed by atoms with Gasteiger partial charge in [0.15, 0.2) is 0 Å². The molecular formula is C26H22N4NiO2S2. The molecule has 0 amide bonds. The van der Waals surface area contributed by atoms with E-state index in [1.54, 1.807) is 49.2 Å². The van der Waals surface area contributed by atoms with E-state index in [-0.39, 0.29) is 16.5 Å². The Bertz CT molecular complexity index is 1200. The van der Waals surface area contributed by atoms with Crippen molar-refractivity contribution in [1.82, 2.24) is 0 Å². The molecule has 6 nitrogen and oxygen atoms in total. The molecule has 0 unspecified atom stereocenters. The van der Waals surface area contributed by atoms with E-state index < -0.39 is 0 Å². The van der Waals surface area contributed by atoms with Gasteiger partial charge < -0.3 is 34.1 Å². The third kappa shape index (κ3) is 9.05. The molecule has 0 radical (unpaired) electrons. The second kappa shape index (κ2) is 14.8. The first-order valence-corrected chi connectivity index (χ1v) is 11.1. The molecule has 180 valence electrons. The molecule has 0 N–H and O–H groups in total. The van der Waals surface area contributed by atoms with Crippen LogP contribution >= 0.6 is 0 Å². The summed E-state index contributed by atoms with van der Waals surface area (Å²) in [7, 11) is 0. The first kappa shape index (κ1) is 27.9. The van der Waals surface area contributed by atoms with Crippen LogP contribution in [0.2, 0.25) is 0 Å². The molecule has 0 fully saturated rings. The van der Waals surface area contributed by atoms with Crippen molar-refractivity contribution in [2.24, 2.45) is 20.4 Å². The Morgan fingerprint density at radius 2 is 1.03 bits per heavy atom. The minimum Gasteiger partial charge on any atom is -0.755 e. The summed E-state index contributed by atoms with van der Waals surface area (Å²) in [6.45, 7) is 4.04. The first-order chi connectivity index (χ1) is 16.5. The Morgan fingerprint density at radius 3 is 1.37 bits per heavy atom. The largest absolute Gasteiger partial charge is 2.00 e. The Morgan fingerprint density at radius 1 is 0.629 bits per heavy atom. The molecule has 0 aliphatic heterocycles. The van der Waals surface area contributed by atoms with Crippen molar-refractivity contribution in [2.75, 3.05) is 0 Å². The van der Waals surface area contributed by atoms with Crippen LogP contribution in [-0.4, -0.2) is 22.5 Å². The van der Waals surface area contributed by atoms with E-state index in [9.17, 15) is 0 Å². The maximum Gasteiger partial charge on any atom is 2.00 e.